The van der Waals surface area contributed by atoms with E-state index in [2.05, 4.69) is 21.9 Å². The maximum atomic E-state index is 13.4. The van der Waals surface area contributed by atoms with Crippen LogP contribution in [-0.2, 0) is 0 Å². The Morgan fingerprint density at radius 1 is 1.11 bits per heavy atom. The van der Waals surface area contributed by atoms with E-state index in [4.69, 9.17) is 0 Å². The molecule has 158 valence electrons. The Hall–Kier alpha value is -0.760. The van der Waals surface area contributed by atoms with Crippen LogP contribution in [0, 0.1) is 0 Å². The van der Waals surface area contributed by atoms with E-state index in [0.717, 1.165) is 51.9 Å². The van der Waals surface area contributed by atoms with Crippen molar-refractivity contribution in [1.29, 1.82) is 0 Å². The van der Waals surface area contributed by atoms with Crippen LogP contribution in [0.1, 0.15) is 44.2 Å². The Morgan fingerprint density at radius 3 is 2.33 bits per heavy atom. The van der Waals surface area contributed by atoms with Gasteiger partial charge in [0.1, 0.15) is 5.75 Å². The van der Waals surface area contributed by atoms with Crippen molar-refractivity contribution < 1.29 is 22.3 Å². The summed E-state index contributed by atoms with van der Waals surface area (Å²) in [6, 6.07) is 6.20. The van der Waals surface area contributed by atoms with E-state index in [0.29, 0.717) is 5.56 Å². The number of hydrogen-bond donors (Lipinski definition) is 1. The lowest BCUT2D eigenvalue weighted by Crippen LogP contribution is -2.45. The number of nitrogens with one attached hydrogen (secondary N) is 1. The molecule has 0 aliphatic carbocycles. The van der Waals surface area contributed by atoms with Crippen LogP contribution >= 0.6 is 24.8 Å². The number of piperazine rings is 1. The third-order valence-corrected chi connectivity index (χ3v) is 4.45. The Labute approximate surface area is 170 Å². The van der Waals surface area contributed by atoms with Crippen molar-refractivity contribution in [2.24, 2.45) is 0 Å². The summed E-state index contributed by atoms with van der Waals surface area (Å²) in [5.41, 5.74) is 0.556. The molecule has 0 saturated carbocycles. The zero-order chi connectivity index (χ0) is 18.3. The van der Waals surface area contributed by atoms with Crippen LogP contribution in [-0.4, -0.2) is 43.6 Å². The molecule has 1 saturated heterocycles. The van der Waals surface area contributed by atoms with Gasteiger partial charge in [-0.1, -0.05) is 44.4 Å². The largest absolute Gasteiger partial charge is 0.461 e. The summed E-state index contributed by atoms with van der Waals surface area (Å²) in [6.07, 6.45) is -4.53. The minimum absolute atomic E-state index is 0. The van der Waals surface area contributed by atoms with Crippen molar-refractivity contribution in [3.63, 3.8) is 0 Å². The molecule has 1 N–H and O–H groups in total. The molecule has 1 heterocycles. The maximum absolute atomic E-state index is 13.4. The maximum Gasteiger partial charge on any atom is 0.461 e. The number of ether oxygens (including phenoxy) is 1. The van der Waals surface area contributed by atoms with E-state index < -0.39 is 12.5 Å². The van der Waals surface area contributed by atoms with Gasteiger partial charge in [-0.3, -0.25) is 4.90 Å². The molecule has 1 aromatic rings. The Kier molecular flexibility index (Phi) is 12.3. The number of nitrogens with zero attached hydrogens (tertiary/aromatic N) is 1. The topological polar surface area (TPSA) is 24.5 Å². The van der Waals surface area contributed by atoms with Crippen LogP contribution < -0.4 is 10.1 Å². The SMILES string of the molecule is CCCCC[C@@H](c1ccccc1OC(F)(F)C(F)F)N1CCNCC1.Cl.Cl. The summed E-state index contributed by atoms with van der Waals surface area (Å²) in [6.45, 7) is 5.31. The van der Waals surface area contributed by atoms with Crippen molar-refractivity contribution in [3.05, 3.63) is 29.8 Å². The second-order valence-corrected chi connectivity index (χ2v) is 6.30. The lowest BCUT2D eigenvalue weighted by atomic mass is 9.97. The van der Waals surface area contributed by atoms with Gasteiger partial charge in [-0.05, 0) is 12.5 Å². The third kappa shape index (κ3) is 7.64. The van der Waals surface area contributed by atoms with Gasteiger partial charge in [0.15, 0.2) is 0 Å². The van der Waals surface area contributed by atoms with Gasteiger partial charge in [-0.15, -0.1) is 24.8 Å². The van der Waals surface area contributed by atoms with Gasteiger partial charge in [-0.2, -0.15) is 17.6 Å². The second kappa shape index (κ2) is 12.6. The van der Waals surface area contributed by atoms with Gasteiger partial charge >= 0.3 is 12.5 Å². The summed E-state index contributed by atoms with van der Waals surface area (Å²) in [7, 11) is 0. The smallest absolute Gasteiger partial charge is 0.428 e. The number of rotatable bonds is 9. The molecule has 0 radical (unpaired) electrons. The fourth-order valence-corrected chi connectivity index (χ4v) is 3.16. The number of unbranched alkanes of at least 4 members (excludes halogenated alkanes) is 2. The van der Waals surface area contributed by atoms with Gasteiger partial charge in [-0.25, -0.2) is 0 Å². The summed E-state index contributed by atoms with van der Waals surface area (Å²) in [4.78, 5) is 2.22. The van der Waals surface area contributed by atoms with Crippen LogP contribution in [0.3, 0.4) is 0 Å². The fourth-order valence-electron chi connectivity index (χ4n) is 3.16. The fraction of sp³-hybridized carbons (Fsp3) is 0.667. The summed E-state index contributed by atoms with van der Waals surface area (Å²) < 4.78 is 56.4. The van der Waals surface area contributed by atoms with Crippen LogP contribution in [0.15, 0.2) is 24.3 Å². The highest BCUT2D eigenvalue weighted by Crippen LogP contribution is 2.37. The standard InChI is InChI=1S/C18H26F4N2O.2ClH/c1-2-3-4-8-15(24-12-10-23-11-13-24)14-7-5-6-9-16(14)25-18(21,22)17(19)20;;/h5-7,9,15,17,23H,2-4,8,10-13H2,1H3;2*1H/t15-;;/m0../s1. The normalized spacial score (nSPS) is 16.4. The van der Waals surface area contributed by atoms with Gasteiger partial charge < -0.3 is 10.1 Å². The van der Waals surface area contributed by atoms with E-state index in [1.807, 2.05) is 0 Å². The van der Waals surface area contributed by atoms with E-state index in [1.165, 1.54) is 12.1 Å². The average molecular weight is 435 g/mol. The van der Waals surface area contributed by atoms with Crippen molar-refractivity contribution in [2.75, 3.05) is 26.2 Å². The highest BCUT2D eigenvalue weighted by molar-refractivity contribution is 5.85. The number of benzene rings is 1. The first-order chi connectivity index (χ1) is 12.0. The first-order valence-corrected chi connectivity index (χ1v) is 8.84. The highest BCUT2D eigenvalue weighted by atomic mass is 35.5. The molecule has 0 aromatic heterocycles. The summed E-state index contributed by atoms with van der Waals surface area (Å²) >= 11 is 0. The van der Waals surface area contributed by atoms with E-state index in [9.17, 15) is 17.6 Å². The van der Waals surface area contributed by atoms with E-state index >= 15 is 0 Å². The molecule has 3 nitrogen and oxygen atoms in total. The molecule has 0 amide bonds. The minimum Gasteiger partial charge on any atom is -0.428 e. The van der Waals surface area contributed by atoms with E-state index in [1.54, 1.807) is 12.1 Å². The van der Waals surface area contributed by atoms with Gasteiger partial charge in [0.05, 0.1) is 0 Å². The lowest BCUT2D eigenvalue weighted by molar-refractivity contribution is -0.253. The Morgan fingerprint density at radius 2 is 1.74 bits per heavy atom. The van der Waals surface area contributed by atoms with Gasteiger partial charge in [0, 0.05) is 37.8 Å². The molecule has 1 aliphatic heterocycles. The van der Waals surface area contributed by atoms with Gasteiger partial charge in [0.25, 0.3) is 0 Å². The third-order valence-electron chi connectivity index (χ3n) is 4.45. The monoisotopic (exact) mass is 434 g/mol. The molecule has 0 spiro atoms. The zero-order valence-electron chi connectivity index (χ0n) is 15.3. The van der Waals surface area contributed by atoms with Crippen LogP contribution in [0.4, 0.5) is 17.6 Å². The average Bonchev–Trinajstić information content (AvgIpc) is 2.60. The van der Waals surface area contributed by atoms with E-state index in [-0.39, 0.29) is 36.6 Å². The number of para-hydroxylation sites is 1. The Bertz CT molecular complexity index is 532. The molecule has 1 fully saturated rings. The first kappa shape index (κ1) is 26.2. The second-order valence-electron chi connectivity index (χ2n) is 6.30. The first-order valence-electron chi connectivity index (χ1n) is 8.84. The van der Waals surface area contributed by atoms with Crippen LogP contribution in [0.5, 0.6) is 5.75 Å². The number of halogens is 6. The van der Waals surface area contributed by atoms with Crippen molar-refractivity contribution in [2.45, 2.75) is 51.2 Å². The molecule has 9 heteroatoms. The molecular formula is C18H28Cl2F4N2O. The molecule has 27 heavy (non-hydrogen) atoms. The van der Waals surface area contributed by atoms with Crippen molar-refractivity contribution in [3.8, 4) is 5.75 Å². The lowest BCUT2D eigenvalue weighted by Gasteiger charge is -2.36. The summed E-state index contributed by atoms with van der Waals surface area (Å²) in [5.74, 6) is -0.159. The molecule has 1 atom stereocenters. The number of hydrogen-bond acceptors (Lipinski definition) is 3. The molecule has 0 unspecified atom stereocenters. The molecule has 1 aromatic carbocycles. The zero-order valence-corrected chi connectivity index (χ0v) is 16.9. The highest BCUT2D eigenvalue weighted by Gasteiger charge is 2.44. The molecular weight excluding hydrogens is 407 g/mol. The Balaban J connectivity index is 0.00000338. The number of alkyl halides is 4. The van der Waals surface area contributed by atoms with Gasteiger partial charge in [0.2, 0.25) is 0 Å². The summed E-state index contributed by atoms with van der Waals surface area (Å²) in [5, 5.41) is 3.26. The molecule has 2 rings (SSSR count). The minimum atomic E-state index is -4.49. The predicted octanol–water partition coefficient (Wildman–Crippen LogP) is 5.29. The quantitative estimate of drug-likeness (QED) is 0.421. The van der Waals surface area contributed by atoms with Crippen molar-refractivity contribution in [1.82, 2.24) is 10.2 Å². The molecule has 1 aliphatic rings. The van der Waals surface area contributed by atoms with Crippen molar-refractivity contribution >= 4 is 24.8 Å². The molecule has 0 bridgehead atoms. The van der Waals surface area contributed by atoms with Crippen LogP contribution in [0.2, 0.25) is 0 Å². The van der Waals surface area contributed by atoms with Crippen LogP contribution in [0.25, 0.3) is 0 Å². The predicted molar refractivity (Wildman–Crippen MR) is 104 cm³/mol.